The second kappa shape index (κ2) is 7.97. The number of nitrogens with one attached hydrogen (secondary N) is 1. The van der Waals surface area contributed by atoms with Gasteiger partial charge in [0.15, 0.2) is 5.13 Å². The van der Waals surface area contributed by atoms with Gasteiger partial charge in [-0.1, -0.05) is 70.9 Å². The summed E-state index contributed by atoms with van der Waals surface area (Å²) < 4.78 is 4.84. The summed E-state index contributed by atoms with van der Waals surface area (Å²) in [5.74, 6) is -0.271. The van der Waals surface area contributed by atoms with Crippen molar-refractivity contribution in [2.24, 2.45) is 0 Å². The van der Waals surface area contributed by atoms with Crippen molar-refractivity contribution in [1.29, 1.82) is 0 Å². The van der Waals surface area contributed by atoms with Crippen LogP contribution in [0.25, 0.3) is 21.7 Å². The summed E-state index contributed by atoms with van der Waals surface area (Å²) in [7, 11) is 1.46. The summed E-state index contributed by atoms with van der Waals surface area (Å²) in [5, 5.41) is 4.39. The quantitative estimate of drug-likeness (QED) is 0.634. The molecule has 3 aromatic rings. The minimum Gasteiger partial charge on any atom is -0.375 e. The lowest BCUT2D eigenvalue weighted by Gasteiger charge is -2.06. The molecule has 0 spiro atoms. The fraction of sp³-hybridized carbons (Fsp3) is 0.111. The Balaban J connectivity index is 2.12. The molecule has 0 aliphatic rings. The second-order valence-electron chi connectivity index (χ2n) is 5.14. The monoisotopic (exact) mass is 392 g/mol. The molecule has 0 fully saturated rings. The number of hydrogen-bond acceptors (Lipinski definition) is 4. The van der Waals surface area contributed by atoms with Crippen molar-refractivity contribution in [2.75, 3.05) is 19.0 Å². The summed E-state index contributed by atoms with van der Waals surface area (Å²) >= 11 is 14.1. The number of carbonyl (C=O) groups is 1. The van der Waals surface area contributed by atoms with Gasteiger partial charge in [-0.05, 0) is 12.1 Å². The van der Waals surface area contributed by atoms with Crippen LogP contribution in [0, 0.1) is 0 Å². The molecule has 0 atom stereocenters. The zero-order chi connectivity index (χ0) is 17.8. The summed E-state index contributed by atoms with van der Waals surface area (Å²) in [5.41, 5.74) is 2.29. The first kappa shape index (κ1) is 17.9. The second-order valence-corrected chi connectivity index (χ2v) is 6.95. The van der Waals surface area contributed by atoms with Crippen LogP contribution in [0.4, 0.5) is 5.13 Å². The molecule has 1 N–H and O–H groups in total. The van der Waals surface area contributed by atoms with Crippen molar-refractivity contribution >= 4 is 45.6 Å². The largest absolute Gasteiger partial charge is 0.375 e. The molecule has 2 aromatic carbocycles. The number of aromatic nitrogens is 1. The molecule has 0 radical (unpaired) electrons. The third-order valence-corrected chi connectivity index (χ3v) is 5.06. The number of benzene rings is 2. The Morgan fingerprint density at radius 1 is 1.08 bits per heavy atom. The predicted molar refractivity (Wildman–Crippen MR) is 104 cm³/mol. The third-order valence-electron chi connectivity index (χ3n) is 3.40. The minimum absolute atomic E-state index is 0.0393. The molecule has 0 saturated carbocycles. The van der Waals surface area contributed by atoms with Gasteiger partial charge in [-0.25, -0.2) is 4.98 Å². The molecular formula is C18H14Cl2N2O2S. The van der Waals surface area contributed by atoms with E-state index >= 15 is 0 Å². The van der Waals surface area contributed by atoms with Crippen molar-refractivity contribution in [3.05, 3.63) is 58.6 Å². The lowest BCUT2D eigenvalue weighted by atomic mass is 10.1. The predicted octanol–water partition coefficient (Wildman–Crippen LogP) is 5.37. The Bertz CT molecular complexity index is 849. The van der Waals surface area contributed by atoms with E-state index in [-0.39, 0.29) is 12.5 Å². The maximum atomic E-state index is 11.8. The van der Waals surface area contributed by atoms with E-state index in [4.69, 9.17) is 27.9 Å². The Morgan fingerprint density at radius 2 is 1.68 bits per heavy atom. The highest BCUT2D eigenvalue weighted by molar-refractivity contribution is 7.19. The summed E-state index contributed by atoms with van der Waals surface area (Å²) in [6.07, 6.45) is 0. The number of rotatable bonds is 5. The first-order chi connectivity index (χ1) is 12.1. The van der Waals surface area contributed by atoms with Crippen LogP contribution in [0.3, 0.4) is 0 Å². The zero-order valence-corrected chi connectivity index (χ0v) is 15.6. The van der Waals surface area contributed by atoms with Crippen molar-refractivity contribution in [3.8, 4) is 21.7 Å². The van der Waals surface area contributed by atoms with E-state index in [9.17, 15) is 4.79 Å². The molecule has 0 unspecified atom stereocenters. The van der Waals surface area contributed by atoms with Crippen molar-refractivity contribution in [2.45, 2.75) is 0 Å². The van der Waals surface area contributed by atoms with Gasteiger partial charge < -0.3 is 4.74 Å². The minimum atomic E-state index is -0.271. The highest BCUT2D eigenvalue weighted by Crippen LogP contribution is 2.43. The van der Waals surface area contributed by atoms with Crippen LogP contribution in [-0.4, -0.2) is 24.6 Å². The Kier molecular flexibility index (Phi) is 5.71. The standard InChI is InChI=1S/C18H14Cl2N2O2S/c1-24-10-15(23)21-18-22-16(11-6-2-4-8-13(11)19)17(25-18)12-7-3-5-9-14(12)20/h2-9H,10H2,1H3,(H,21,22,23). The number of nitrogens with zero attached hydrogens (tertiary/aromatic N) is 1. The van der Waals surface area contributed by atoms with Crippen molar-refractivity contribution in [3.63, 3.8) is 0 Å². The summed E-state index contributed by atoms with van der Waals surface area (Å²) in [6.45, 7) is -0.0393. The summed E-state index contributed by atoms with van der Waals surface area (Å²) in [4.78, 5) is 17.2. The van der Waals surface area contributed by atoms with Gasteiger partial charge in [0.1, 0.15) is 6.61 Å². The molecule has 0 saturated heterocycles. The van der Waals surface area contributed by atoms with Gasteiger partial charge in [0.25, 0.3) is 5.91 Å². The lowest BCUT2D eigenvalue weighted by Crippen LogP contribution is -2.16. The molecule has 3 rings (SSSR count). The number of ether oxygens (including phenoxy) is 1. The number of amides is 1. The number of anilines is 1. The Hall–Kier alpha value is -1.92. The lowest BCUT2D eigenvalue weighted by molar-refractivity contribution is -0.119. The SMILES string of the molecule is COCC(=O)Nc1nc(-c2ccccc2Cl)c(-c2ccccc2Cl)s1. The van der Waals surface area contributed by atoms with E-state index in [1.54, 1.807) is 6.07 Å². The van der Waals surface area contributed by atoms with E-state index in [0.29, 0.717) is 20.9 Å². The third kappa shape index (κ3) is 4.02. The van der Waals surface area contributed by atoms with Crippen molar-refractivity contribution in [1.82, 2.24) is 4.98 Å². The number of methoxy groups -OCH3 is 1. The molecule has 25 heavy (non-hydrogen) atoms. The van der Waals surface area contributed by atoms with E-state index in [1.807, 2.05) is 42.5 Å². The maximum absolute atomic E-state index is 11.8. The fourth-order valence-corrected chi connectivity index (χ4v) is 3.87. The zero-order valence-electron chi connectivity index (χ0n) is 13.3. The smallest absolute Gasteiger partial charge is 0.252 e. The van der Waals surface area contributed by atoms with Crippen LogP contribution in [-0.2, 0) is 9.53 Å². The average molecular weight is 393 g/mol. The molecule has 4 nitrogen and oxygen atoms in total. The van der Waals surface area contributed by atoms with Gasteiger partial charge >= 0.3 is 0 Å². The molecule has 1 aromatic heterocycles. The van der Waals surface area contributed by atoms with Crippen LogP contribution in [0.5, 0.6) is 0 Å². The van der Waals surface area contributed by atoms with Gasteiger partial charge in [-0.3, -0.25) is 10.1 Å². The number of carbonyl (C=O) groups excluding carboxylic acids is 1. The number of hydrogen-bond donors (Lipinski definition) is 1. The topological polar surface area (TPSA) is 51.2 Å². The first-order valence-corrected chi connectivity index (χ1v) is 8.97. The molecule has 128 valence electrons. The van der Waals surface area contributed by atoms with E-state index in [2.05, 4.69) is 10.3 Å². The molecule has 1 heterocycles. The van der Waals surface area contributed by atoms with E-state index in [1.165, 1.54) is 18.4 Å². The normalized spacial score (nSPS) is 10.7. The van der Waals surface area contributed by atoms with E-state index in [0.717, 1.165) is 16.0 Å². The van der Waals surface area contributed by atoms with Crippen LogP contribution in [0.1, 0.15) is 0 Å². The fourth-order valence-electron chi connectivity index (χ4n) is 2.32. The average Bonchev–Trinajstić information content (AvgIpc) is 2.99. The Labute approximate surface area is 159 Å². The van der Waals surface area contributed by atoms with Gasteiger partial charge in [0, 0.05) is 23.3 Å². The Morgan fingerprint density at radius 3 is 2.28 bits per heavy atom. The van der Waals surface area contributed by atoms with Crippen molar-refractivity contribution < 1.29 is 9.53 Å². The molecule has 0 bridgehead atoms. The van der Waals surface area contributed by atoms with E-state index < -0.39 is 0 Å². The van der Waals surface area contributed by atoms with Crippen LogP contribution in [0.2, 0.25) is 10.0 Å². The van der Waals surface area contributed by atoms with Gasteiger partial charge in [0.05, 0.1) is 15.6 Å². The molecule has 7 heteroatoms. The van der Waals surface area contributed by atoms with Crippen LogP contribution in [0.15, 0.2) is 48.5 Å². The highest BCUT2D eigenvalue weighted by atomic mass is 35.5. The highest BCUT2D eigenvalue weighted by Gasteiger charge is 2.19. The maximum Gasteiger partial charge on any atom is 0.252 e. The molecular weight excluding hydrogens is 379 g/mol. The number of halogens is 2. The molecule has 0 aliphatic heterocycles. The summed E-state index contributed by atoms with van der Waals surface area (Å²) in [6, 6.07) is 14.9. The van der Waals surface area contributed by atoms with Crippen LogP contribution >= 0.6 is 34.5 Å². The van der Waals surface area contributed by atoms with Gasteiger partial charge in [0.2, 0.25) is 0 Å². The number of thiazole rings is 1. The van der Waals surface area contributed by atoms with Gasteiger partial charge in [-0.2, -0.15) is 0 Å². The molecule has 0 aliphatic carbocycles. The van der Waals surface area contributed by atoms with Gasteiger partial charge in [-0.15, -0.1) is 0 Å². The molecule has 1 amide bonds. The first-order valence-electron chi connectivity index (χ1n) is 7.39. The van der Waals surface area contributed by atoms with Crippen LogP contribution < -0.4 is 5.32 Å².